The summed E-state index contributed by atoms with van der Waals surface area (Å²) in [4.78, 5) is 11.1. The molecule has 1 aromatic carbocycles. The van der Waals surface area contributed by atoms with Gasteiger partial charge >= 0.3 is 29.6 Å². The molecule has 0 aromatic heterocycles. The van der Waals surface area contributed by atoms with E-state index in [9.17, 15) is 10.1 Å². The minimum Gasteiger partial charge on any atom is -0.691 e. The first-order valence-electron chi connectivity index (χ1n) is 3.47. The summed E-state index contributed by atoms with van der Waals surface area (Å²) in [5.41, 5.74) is 1.44. The van der Waals surface area contributed by atoms with Crippen LogP contribution in [-0.2, 0) is 9.37 Å². The Bertz CT molecular complexity index is 305. The van der Waals surface area contributed by atoms with Gasteiger partial charge in [-0.05, 0) is 18.6 Å². The molecule has 6 heteroatoms. The summed E-state index contributed by atoms with van der Waals surface area (Å²) in [7, 11) is 0. The SMILES string of the molecule is Cc1ccc(C=O)cc1SOO[O-].[Na+]. The Hall–Kier alpha value is 0.120. The summed E-state index contributed by atoms with van der Waals surface area (Å²) in [5.74, 6) is 0. The van der Waals surface area contributed by atoms with Gasteiger partial charge in [0.25, 0.3) is 0 Å². The summed E-state index contributed by atoms with van der Waals surface area (Å²) >= 11 is 0.783. The van der Waals surface area contributed by atoms with E-state index in [-0.39, 0.29) is 29.6 Å². The average Bonchev–Trinajstić information content (AvgIpc) is 2.17. The van der Waals surface area contributed by atoms with Crippen LogP contribution in [0, 0.1) is 6.92 Å². The molecule has 70 valence electrons. The van der Waals surface area contributed by atoms with E-state index in [1.54, 1.807) is 18.2 Å². The Balaban J connectivity index is 0.00000169. The Morgan fingerprint density at radius 1 is 1.50 bits per heavy atom. The van der Waals surface area contributed by atoms with Crippen molar-refractivity contribution in [2.75, 3.05) is 0 Å². The van der Waals surface area contributed by atoms with E-state index in [1.165, 1.54) is 0 Å². The molecular formula is C8H7NaO4S. The van der Waals surface area contributed by atoms with Gasteiger partial charge in [-0.25, -0.2) is 0 Å². The monoisotopic (exact) mass is 222 g/mol. The molecule has 4 nitrogen and oxygen atoms in total. The van der Waals surface area contributed by atoms with E-state index < -0.39 is 0 Å². The van der Waals surface area contributed by atoms with Crippen LogP contribution in [0.25, 0.3) is 0 Å². The Morgan fingerprint density at radius 3 is 2.79 bits per heavy atom. The molecule has 0 saturated carbocycles. The summed E-state index contributed by atoms with van der Waals surface area (Å²) in [6.07, 6.45) is 0.724. The molecule has 0 spiro atoms. The van der Waals surface area contributed by atoms with Crippen LogP contribution in [0.2, 0.25) is 0 Å². The van der Waals surface area contributed by atoms with E-state index in [0.29, 0.717) is 10.5 Å². The molecule has 1 aromatic rings. The van der Waals surface area contributed by atoms with E-state index in [2.05, 4.69) is 9.37 Å². The molecule has 0 unspecified atom stereocenters. The molecule has 0 atom stereocenters. The number of aldehydes is 1. The molecule has 0 heterocycles. The van der Waals surface area contributed by atoms with Crippen LogP contribution in [0.15, 0.2) is 23.1 Å². The largest absolute Gasteiger partial charge is 1.00 e. The molecule has 0 N–H and O–H groups in total. The second-order valence-corrected chi connectivity index (χ2v) is 3.10. The van der Waals surface area contributed by atoms with Crippen molar-refractivity contribution in [3.05, 3.63) is 29.3 Å². The number of carbonyl (C=O) groups excluding carboxylic acids is 1. The van der Waals surface area contributed by atoms with Gasteiger partial charge in [0.2, 0.25) is 0 Å². The third-order valence-electron chi connectivity index (χ3n) is 1.50. The number of aryl methyl sites for hydroxylation is 1. The fourth-order valence-electron chi connectivity index (χ4n) is 0.830. The summed E-state index contributed by atoms with van der Waals surface area (Å²) < 4.78 is 4.15. The van der Waals surface area contributed by atoms with Gasteiger partial charge in [-0.2, -0.15) is 4.33 Å². The molecular weight excluding hydrogens is 215 g/mol. The van der Waals surface area contributed by atoms with Crippen LogP contribution < -0.4 is 34.8 Å². The van der Waals surface area contributed by atoms with Crippen LogP contribution in [0.1, 0.15) is 15.9 Å². The van der Waals surface area contributed by atoms with Gasteiger partial charge in [0.15, 0.2) is 0 Å². The predicted molar refractivity (Wildman–Crippen MR) is 44.6 cm³/mol. The van der Waals surface area contributed by atoms with Crippen molar-refractivity contribution in [3.63, 3.8) is 0 Å². The zero-order chi connectivity index (χ0) is 9.68. The smallest absolute Gasteiger partial charge is 0.691 e. The van der Waals surface area contributed by atoms with Crippen LogP contribution >= 0.6 is 12.0 Å². The number of benzene rings is 1. The standard InChI is InChI=1S/C8H8O4S.Na/c1-6-2-3-7(5-9)4-8(6)13-12-11-10;/h2-5,10H,1H3;/q;+1/p-1. The van der Waals surface area contributed by atoms with Crippen molar-refractivity contribution in [2.45, 2.75) is 11.8 Å². The quantitative estimate of drug-likeness (QED) is 0.195. The van der Waals surface area contributed by atoms with Gasteiger partial charge in [0, 0.05) is 10.5 Å². The molecule has 0 radical (unpaired) electrons. The molecule has 0 amide bonds. The van der Waals surface area contributed by atoms with Crippen LogP contribution in [-0.4, -0.2) is 6.29 Å². The van der Waals surface area contributed by atoms with E-state index in [4.69, 9.17) is 0 Å². The second-order valence-electron chi connectivity index (χ2n) is 2.36. The summed E-state index contributed by atoms with van der Waals surface area (Å²) in [5, 5.41) is 12.8. The average molecular weight is 222 g/mol. The van der Waals surface area contributed by atoms with Crippen LogP contribution in [0.4, 0.5) is 0 Å². The molecule has 14 heavy (non-hydrogen) atoms. The first-order valence-corrected chi connectivity index (χ1v) is 4.21. The normalized spacial score (nSPS) is 9.29. The number of hydrogen-bond donors (Lipinski definition) is 0. The maximum atomic E-state index is 10.4. The zero-order valence-electron chi connectivity index (χ0n) is 7.85. The van der Waals surface area contributed by atoms with Crippen molar-refractivity contribution in [1.82, 2.24) is 0 Å². The molecule has 0 aliphatic heterocycles. The molecule has 1 rings (SSSR count). The molecule has 0 aliphatic carbocycles. The Labute approximate surface area is 108 Å². The van der Waals surface area contributed by atoms with Gasteiger partial charge in [0.1, 0.15) is 6.29 Å². The van der Waals surface area contributed by atoms with E-state index in [0.717, 1.165) is 23.9 Å². The van der Waals surface area contributed by atoms with Crippen molar-refractivity contribution < 1.29 is 49.0 Å². The van der Waals surface area contributed by atoms with E-state index >= 15 is 0 Å². The fraction of sp³-hybridized carbons (Fsp3) is 0.125. The third kappa shape index (κ3) is 4.10. The topological polar surface area (TPSA) is 58.6 Å². The first kappa shape index (κ1) is 14.1. The second kappa shape index (κ2) is 7.42. The van der Waals surface area contributed by atoms with Crippen molar-refractivity contribution in [2.24, 2.45) is 0 Å². The van der Waals surface area contributed by atoms with Crippen molar-refractivity contribution in [3.8, 4) is 0 Å². The molecule has 0 fully saturated rings. The van der Waals surface area contributed by atoms with Crippen molar-refractivity contribution >= 4 is 18.3 Å². The van der Waals surface area contributed by atoms with Gasteiger partial charge < -0.3 is 5.26 Å². The number of hydrogen-bond acceptors (Lipinski definition) is 5. The molecule has 0 bridgehead atoms. The summed E-state index contributed by atoms with van der Waals surface area (Å²) in [6, 6.07) is 5.07. The molecule has 0 aliphatic rings. The maximum Gasteiger partial charge on any atom is 1.00 e. The predicted octanol–water partition coefficient (Wildman–Crippen LogP) is -1.96. The van der Waals surface area contributed by atoms with Gasteiger partial charge in [0.05, 0.1) is 12.0 Å². The van der Waals surface area contributed by atoms with Crippen LogP contribution in [0.3, 0.4) is 0 Å². The van der Waals surface area contributed by atoms with Gasteiger partial charge in [-0.3, -0.25) is 9.83 Å². The fourth-order valence-corrected chi connectivity index (χ4v) is 1.32. The first-order chi connectivity index (χ1) is 6.27. The minimum absolute atomic E-state index is 0. The number of carbonyl (C=O) groups is 1. The molecule has 0 saturated heterocycles. The third-order valence-corrected chi connectivity index (χ3v) is 2.24. The Morgan fingerprint density at radius 2 is 2.21 bits per heavy atom. The number of rotatable bonds is 4. The minimum atomic E-state index is 0. The summed E-state index contributed by atoms with van der Waals surface area (Å²) in [6.45, 7) is 1.84. The van der Waals surface area contributed by atoms with Gasteiger partial charge in [-0.1, -0.05) is 12.1 Å². The Kier molecular flexibility index (Phi) is 7.48. The van der Waals surface area contributed by atoms with E-state index in [1.807, 2.05) is 6.92 Å². The maximum absolute atomic E-state index is 10.4. The zero-order valence-corrected chi connectivity index (χ0v) is 10.7. The van der Waals surface area contributed by atoms with Gasteiger partial charge in [-0.15, -0.1) is 0 Å². The van der Waals surface area contributed by atoms with Crippen molar-refractivity contribution in [1.29, 1.82) is 0 Å². The van der Waals surface area contributed by atoms with Crippen LogP contribution in [0.5, 0.6) is 0 Å².